The Labute approximate surface area is 117 Å². The third-order valence-corrected chi connectivity index (χ3v) is 4.21. The molecule has 0 atom stereocenters. The lowest BCUT2D eigenvalue weighted by Crippen LogP contribution is -2.23. The zero-order chi connectivity index (χ0) is 13.3. The summed E-state index contributed by atoms with van der Waals surface area (Å²) in [5.74, 6) is 1.21. The molecular formula is C16H27NS. The summed E-state index contributed by atoms with van der Waals surface area (Å²) in [6.45, 7) is 9.28. The Bertz CT molecular complexity index is 308. The monoisotopic (exact) mass is 265 g/mol. The normalized spacial score (nSPS) is 11.7. The summed E-state index contributed by atoms with van der Waals surface area (Å²) < 4.78 is 0. The lowest BCUT2D eigenvalue weighted by Gasteiger charge is -2.24. The van der Waals surface area contributed by atoms with Crippen molar-refractivity contribution in [2.24, 2.45) is 5.41 Å². The lowest BCUT2D eigenvalue weighted by atomic mass is 9.86. The van der Waals surface area contributed by atoms with Crippen molar-refractivity contribution >= 4 is 11.8 Å². The van der Waals surface area contributed by atoms with Gasteiger partial charge in [-0.1, -0.05) is 39.0 Å². The quantitative estimate of drug-likeness (QED) is 0.518. The maximum Gasteiger partial charge on any atom is 0.00719 e. The van der Waals surface area contributed by atoms with E-state index in [1.807, 2.05) is 11.8 Å². The van der Waals surface area contributed by atoms with Crippen molar-refractivity contribution in [2.45, 2.75) is 44.9 Å². The van der Waals surface area contributed by atoms with Crippen molar-refractivity contribution in [1.29, 1.82) is 0 Å². The molecule has 1 N–H and O–H groups in total. The highest BCUT2D eigenvalue weighted by molar-refractivity contribution is 7.99. The van der Waals surface area contributed by atoms with Gasteiger partial charge in [0.2, 0.25) is 0 Å². The zero-order valence-electron chi connectivity index (χ0n) is 12.0. The number of hydrogen-bond donors (Lipinski definition) is 1. The molecule has 102 valence electrons. The van der Waals surface area contributed by atoms with E-state index in [9.17, 15) is 0 Å². The molecule has 0 heterocycles. The predicted octanol–water partition coefficient (Wildman–Crippen LogP) is 4.58. The summed E-state index contributed by atoms with van der Waals surface area (Å²) in [4.78, 5) is 1.39. The van der Waals surface area contributed by atoms with Gasteiger partial charge in [-0.05, 0) is 55.7 Å². The summed E-state index contributed by atoms with van der Waals surface area (Å²) in [6, 6.07) is 10.7. The summed E-state index contributed by atoms with van der Waals surface area (Å²) in [6.07, 6.45) is 3.77. The molecule has 0 aromatic heterocycles. The molecule has 0 fully saturated rings. The van der Waals surface area contributed by atoms with Gasteiger partial charge < -0.3 is 5.32 Å². The van der Waals surface area contributed by atoms with Gasteiger partial charge in [0.15, 0.2) is 0 Å². The van der Waals surface area contributed by atoms with E-state index in [2.05, 4.69) is 56.4 Å². The minimum atomic E-state index is 0.447. The van der Waals surface area contributed by atoms with Gasteiger partial charge in [0.1, 0.15) is 0 Å². The highest BCUT2D eigenvalue weighted by Gasteiger charge is 2.16. The summed E-state index contributed by atoms with van der Waals surface area (Å²) in [5, 5.41) is 3.49. The van der Waals surface area contributed by atoms with Crippen LogP contribution in [0.1, 0.15) is 40.0 Å². The summed E-state index contributed by atoms with van der Waals surface area (Å²) in [5.41, 5.74) is 0.447. The molecule has 0 saturated carbocycles. The Morgan fingerprint density at radius 1 is 1.06 bits per heavy atom. The van der Waals surface area contributed by atoms with Crippen LogP contribution in [0.3, 0.4) is 0 Å². The molecule has 0 aliphatic rings. The molecule has 0 radical (unpaired) electrons. The Balaban J connectivity index is 2.16. The van der Waals surface area contributed by atoms with Crippen LogP contribution >= 0.6 is 11.8 Å². The van der Waals surface area contributed by atoms with E-state index in [4.69, 9.17) is 0 Å². The standard InChI is InChI=1S/C16H27NS/c1-4-12-17-13-10-16(2,3)11-14-18-15-8-6-5-7-9-15/h5-9,17H,4,10-14H2,1-3H3. The molecule has 1 rings (SSSR count). The second kappa shape index (κ2) is 8.60. The topological polar surface area (TPSA) is 12.0 Å². The van der Waals surface area contributed by atoms with E-state index < -0.39 is 0 Å². The molecule has 0 aliphatic heterocycles. The van der Waals surface area contributed by atoms with Crippen LogP contribution in [-0.2, 0) is 0 Å². The van der Waals surface area contributed by atoms with Crippen molar-refractivity contribution < 1.29 is 0 Å². The largest absolute Gasteiger partial charge is 0.317 e. The summed E-state index contributed by atoms with van der Waals surface area (Å²) >= 11 is 1.97. The molecule has 2 heteroatoms. The number of rotatable bonds is 9. The van der Waals surface area contributed by atoms with Crippen molar-refractivity contribution in [3.8, 4) is 0 Å². The van der Waals surface area contributed by atoms with E-state index in [1.54, 1.807) is 0 Å². The van der Waals surface area contributed by atoms with E-state index in [0.717, 1.165) is 13.1 Å². The average Bonchev–Trinajstić information content (AvgIpc) is 2.36. The molecule has 18 heavy (non-hydrogen) atoms. The zero-order valence-corrected chi connectivity index (χ0v) is 12.9. The fourth-order valence-electron chi connectivity index (χ4n) is 1.82. The van der Waals surface area contributed by atoms with Crippen LogP contribution in [0.2, 0.25) is 0 Å². The van der Waals surface area contributed by atoms with Gasteiger partial charge in [-0.3, -0.25) is 0 Å². The van der Waals surface area contributed by atoms with Crippen molar-refractivity contribution in [3.05, 3.63) is 30.3 Å². The van der Waals surface area contributed by atoms with Crippen molar-refractivity contribution in [2.75, 3.05) is 18.8 Å². The minimum absolute atomic E-state index is 0.447. The molecule has 1 nitrogen and oxygen atoms in total. The first-order valence-corrected chi connectivity index (χ1v) is 8.01. The third kappa shape index (κ3) is 7.07. The molecule has 1 aromatic rings. The number of benzene rings is 1. The first-order chi connectivity index (χ1) is 8.64. The number of nitrogens with one attached hydrogen (secondary N) is 1. The van der Waals surface area contributed by atoms with Gasteiger partial charge in [0.25, 0.3) is 0 Å². The fourth-order valence-corrected chi connectivity index (χ4v) is 3.06. The molecule has 0 aliphatic carbocycles. The SMILES string of the molecule is CCCNCCC(C)(C)CCSc1ccccc1. The smallest absolute Gasteiger partial charge is 0.00719 e. The predicted molar refractivity (Wildman–Crippen MR) is 83.3 cm³/mol. The maximum atomic E-state index is 3.49. The minimum Gasteiger partial charge on any atom is -0.317 e. The van der Waals surface area contributed by atoms with Crippen LogP contribution in [0.4, 0.5) is 0 Å². The van der Waals surface area contributed by atoms with Gasteiger partial charge in [0.05, 0.1) is 0 Å². The highest BCUT2D eigenvalue weighted by atomic mass is 32.2. The van der Waals surface area contributed by atoms with Crippen LogP contribution in [0.25, 0.3) is 0 Å². The van der Waals surface area contributed by atoms with Crippen LogP contribution in [0.15, 0.2) is 35.2 Å². The molecule has 0 spiro atoms. The van der Waals surface area contributed by atoms with Crippen molar-refractivity contribution in [3.63, 3.8) is 0 Å². The first-order valence-electron chi connectivity index (χ1n) is 7.02. The van der Waals surface area contributed by atoms with Gasteiger partial charge in [-0.15, -0.1) is 11.8 Å². The lowest BCUT2D eigenvalue weighted by molar-refractivity contribution is 0.318. The molecule has 0 unspecified atom stereocenters. The van der Waals surface area contributed by atoms with E-state index in [-0.39, 0.29) is 0 Å². The molecule has 1 aromatic carbocycles. The van der Waals surface area contributed by atoms with Gasteiger partial charge >= 0.3 is 0 Å². The number of thioether (sulfide) groups is 1. The Kier molecular flexibility index (Phi) is 7.45. The summed E-state index contributed by atoms with van der Waals surface area (Å²) in [7, 11) is 0. The van der Waals surface area contributed by atoms with Gasteiger partial charge in [-0.25, -0.2) is 0 Å². The molecule has 0 saturated heterocycles. The van der Waals surface area contributed by atoms with Gasteiger partial charge in [-0.2, -0.15) is 0 Å². The van der Waals surface area contributed by atoms with Crippen LogP contribution < -0.4 is 5.32 Å². The number of hydrogen-bond acceptors (Lipinski definition) is 2. The molecular weight excluding hydrogens is 238 g/mol. The Morgan fingerprint density at radius 2 is 1.78 bits per heavy atom. The molecule has 0 amide bonds. The maximum absolute atomic E-state index is 3.49. The first kappa shape index (κ1) is 15.6. The van der Waals surface area contributed by atoms with Crippen molar-refractivity contribution in [1.82, 2.24) is 5.32 Å². The highest BCUT2D eigenvalue weighted by Crippen LogP contribution is 2.28. The second-order valence-corrected chi connectivity index (χ2v) is 6.74. The molecule has 0 bridgehead atoms. The van der Waals surface area contributed by atoms with Crippen LogP contribution in [-0.4, -0.2) is 18.8 Å². The van der Waals surface area contributed by atoms with E-state index in [0.29, 0.717) is 5.41 Å². The van der Waals surface area contributed by atoms with Crippen LogP contribution in [0, 0.1) is 5.41 Å². The Hall–Kier alpha value is -0.470. The third-order valence-electron chi connectivity index (χ3n) is 3.20. The van der Waals surface area contributed by atoms with E-state index >= 15 is 0 Å². The fraction of sp³-hybridized carbons (Fsp3) is 0.625. The second-order valence-electron chi connectivity index (χ2n) is 5.58. The van der Waals surface area contributed by atoms with Gasteiger partial charge in [0, 0.05) is 4.90 Å². The average molecular weight is 265 g/mol. The Morgan fingerprint density at radius 3 is 2.44 bits per heavy atom. The van der Waals surface area contributed by atoms with E-state index in [1.165, 1.54) is 29.9 Å². The van der Waals surface area contributed by atoms with Crippen LogP contribution in [0.5, 0.6) is 0 Å².